The monoisotopic (exact) mass is 444 g/mol. The average molecular weight is 445 g/mol. The molecule has 0 heterocycles. The van der Waals surface area contributed by atoms with E-state index < -0.39 is 22.8 Å². The number of aliphatic hydroxyl groups is 1. The minimum absolute atomic E-state index is 0.0781. The molecular weight excluding hydrogens is 432 g/mol. The molecule has 0 spiro atoms. The average Bonchev–Trinajstić information content (AvgIpc) is 2.64. The third kappa shape index (κ3) is 4.50. The molecule has 0 aliphatic rings. The number of aliphatic hydroxyl groups excluding tert-OH is 1. The van der Waals surface area contributed by atoms with Crippen molar-refractivity contribution in [2.24, 2.45) is 0 Å². The molecule has 0 aliphatic carbocycles. The maximum Gasteiger partial charge on any atom is 0.417 e. The lowest BCUT2D eigenvalue weighted by Gasteiger charge is -2.15. The van der Waals surface area contributed by atoms with Crippen LogP contribution in [0, 0.1) is 0 Å². The smallest absolute Gasteiger partial charge is 0.417 e. The van der Waals surface area contributed by atoms with Crippen LogP contribution < -0.4 is 10.6 Å². The van der Waals surface area contributed by atoms with Crippen LogP contribution in [0.5, 0.6) is 5.75 Å². The van der Waals surface area contributed by atoms with Crippen LogP contribution in [0.3, 0.4) is 0 Å². The standard InChI is InChI=1S/C19H13Cl2F3N2O3/c20-15-4-1-10(6-14(15)19(22,23)24)25-18(29)26-17-13-7-11(28)2-3-12(13)9(8-27)5-16(17)21/h1-7,27-28H,8H2,(H2,25,26,29). The zero-order valence-corrected chi connectivity index (χ0v) is 16.0. The number of urea groups is 1. The summed E-state index contributed by atoms with van der Waals surface area (Å²) in [6.45, 7) is -0.321. The van der Waals surface area contributed by atoms with E-state index in [9.17, 15) is 28.2 Å². The van der Waals surface area contributed by atoms with E-state index in [-0.39, 0.29) is 28.8 Å². The van der Waals surface area contributed by atoms with Gasteiger partial charge < -0.3 is 20.8 Å². The Morgan fingerprint density at radius 3 is 2.34 bits per heavy atom. The van der Waals surface area contributed by atoms with Gasteiger partial charge in [0.2, 0.25) is 0 Å². The number of aromatic hydroxyl groups is 1. The maximum absolute atomic E-state index is 13.0. The van der Waals surface area contributed by atoms with Crippen molar-refractivity contribution in [2.75, 3.05) is 10.6 Å². The Morgan fingerprint density at radius 1 is 0.966 bits per heavy atom. The molecule has 3 aromatic carbocycles. The number of phenols is 1. The minimum atomic E-state index is -4.68. The summed E-state index contributed by atoms with van der Waals surface area (Å²) < 4.78 is 38.9. The summed E-state index contributed by atoms with van der Waals surface area (Å²) in [6, 6.07) is 7.84. The zero-order chi connectivity index (χ0) is 21.3. The fraction of sp³-hybridized carbons (Fsp3) is 0.105. The number of carbonyl (C=O) groups excluding carboxylic acids is 1. The summed E-state index contributed by atoms with van der Waals surface area (Å²) in [6.07, 6.45) is -4.68. The molecule has 3 rings (SSSR count). The largest absolute Gasteiger partial charge is 0.508 e. The number of carbonyl (C=O) groups is 1. The molecule has 2 amide bonds. The number of alkyl halides is 3. The van der Waals surface area contributed by atoms with Gasteiger partial charge in [-0.2, -0.15) is 13.2 Å². The molecule has 0 aromatic heterocycles. The molecule has 0 saturated carbocycles. The zero-order valence-electron chi connectivity index (χ0n) is 14.4. The van der Waals surface area contributed by atoms with Crippen molar-refractivity contribution in [3.05, 3.63) is 63.6 Å². The Kier molecular flexibility index (Phi) is 5.79. The van der Waals surface area contributed by atoms with Crippen LogP contribution in [0.1, 0.15) is 11.1 Å². The van der Waals surface area contributed by atoms with E-state index in [0.29, 0.717) is 22.4 Å². The first-order valence-corrected chi connectivity index (χ1v) is 8.85. The minimum Gasteiger partial charge on any atom is -0.508 e. The van der Waals surface area contributed by atoms with Gasteiger partial charge >= 0.3 is 12.2 Å². The molecule has 0 saturated heterocycles. The highest BCUT2D eigenvalue weighted by Crippen LogP contribution is 2.37. The number of hydrogen-bond donors (Lipinski definition) is 4. The van der Waals surface area contributed by atoms with E-state index in [4.69, 9.17) is 23.2 Å². The third-order valence-corrected chi connectivity index (χ3v) is 4.72. The van der Waals surface area contributed by atoms with Crippen LogP contribution in [-0.4, -0.2) is 16.2 Å². The molecule has 10 heteroatoms. The number of amides is 2. The van der Waals surface area contributed by atoms with Gasteiger partial charge in [0.15, 0.2) is 0 Å². The first kappa shape index (κ1) is 21.0. The molecule has 0 aliphatic heterocycles. The van der Waals surface area contributed by atoms with E-state index >= 15 is 0 Å². The molecule has 3 aromatic rings. The van der Waals surface area contributed by atoms with Crippen LogP contribution in [-0.2, 0) is 12.8 Å². The maximum atomic E-state index is 13.0. The van der Waals surface area contributed by atoms with Gasteiger partial charge in [-0.25, -0.2) is 4.79 Å². The predicted molar refractivity (Wildman–Crippen MR) is 106 cm³/mol. The van der Waals surface area contributed by atoms with Gasteiger partial charge in [0.1, 0.15) is 5.75 Å². The Labute approximate surface area is 172 Å². The van der Waals surface area contributed by atoms with Crippen molar-refractivity contribution < 1.29 is 28.2 Å². The molecule has 0 bridgehead atoms. The van der Waals surface area contributed by atoms with Gasteiger partial charge in [0.05, 0.1) is 27.9 Å². The molecule has 29 heavy (non-hydrogen) atoms. The summed E-state index contributed by atoms with van der Waals surface area (Å²) >= 11 is 11.8. The molecular formula is C19H13Cl2F3N2O3. The van der Waals surface area contributed by atoms with E-state index in [1.54, 1.807) is 6.07 Å². The van der Waals surface area contributed by atoms with Crippen LogP contribution in [0.25, 0.3) is 10.8 Å². The van der Waals surface area contributed by atoms with E-state index in [1.165, 1.54) is 24.3 Å². The van der Waals surface area contributed by atoms with Crippen molar-refractivity contribution in [3.63, 3.8) is 0 Å². The fourth-order valence-electron chi connectivity index (χ4n) is 2.80. The van der Waals surface area contributed by atoms with E-state index in [2.05, 4.69) is 10.6 Å². The molecule has 0 radical (unpaired) electrons. The van der Waals surface area contributed by atoms with Crippen LogP contribution in [0.4, 0.5) is 29.3 Å². The first-order valence-electron chi connectivity index (χ1n) is 8.10. The lowest BCUT2D eigenvalue weighted by atomic mass is 10.0. The molecule has 4 N–H and O–H groups in total. The van der Waals surface area contributed by atoms with Crippen molar-refractivity contribution >= 4 is 51.4 Å². The second-order valence-corrected chi connectivity index (χ2v) is 6.87. The number of halogens is 5. The highest BCUT2D eigenvalue weighted by molar-refractivity contribution is 6.36. The second kappa shape index (κ2) is 7.98. The number of fused-ring (bicyclic) bond motifs is 1. The number of anilines is 2. The van der Waals surface area contributed by atoms with Gasteiger partial charge in [-0.1, -0.05) is 29.3 Å². The Hall–Kier alpha value is -2.68. The second-order valence-electron chi connectivity index (χ2n) is 6.05. The van der Waals surface area contributed by atoms with Crippen LogP contribution in [0.2, 0.25) is 10.0 Å². The highest BCUT2D eigenvalue weighted by atomic mass is 35.5. The van der Waals surface area contributed by atoms with Crippen LogP contribution in [0.15, 0.2) is 42.5 Å². The van der Waals surface area contributed by atoms with Crippen molar-refractivity contribution in [3.8, 4) is 5.75 Å². The van der Waals surface area contributed by atoms with Gasteiger partial charge in [0.25, 0.3) is 0 Å². The molecule has 0 unspecified atom stereocenters. The fourth-order valence-corrected chi connectivity index (χ4v) is 3.31. The Morgan fingerprint density at radius 2 is 1.69 bits per heavy atom. The normalized spacial score (nSPS) is 11.5. The molecule has 0 atom stereocenters. The third-order valence-electron chi connectivity index (χ3n) is 4.10. The Bertz CT molecular complexity index is 1100. The quantitative estimate of drug-likeness (QED) is 0.399. The topological polar surface area (TPSA) is 81.6 Å². The van der Waals surface area contributed by atoms with Crippen molar-refractivity contribution in [2.45, 2.75) is 12.8 Å². The first-order chi connectivity index (χ1) is 13.6. The number of hydrogen-bond acceptors (Lipinski definition) is 3. The van der Waals surface area contributed by atoms with Gasteiger partial charge in [-0.15, -0.1) is 0 Å². The molecule has 5 nitrogen and oxygen atoms in total. The van der Waals surface area contributed by atoms with Crippen molar-refractivity contribution in [1.82, 2.24) is 0 Å². The number of phenolic OH excluding ortho intramolecular Hbond substituents is 1. The number of benzene rings is 3. The van der Waals surface area contributed by atoms with Gasteiger partial charge in [-0.3, -0.25) is 0 Å². The summed E-state index contributed by atoms with van der Waals surface area (Å²) in [5, 5.41) is 24.5. The van der Waals surface area contributed by atoms with Gasteiger partial charge in [-0.05, 0) is 47.3 Å². The summed E-state index contributed by atoms with van der Waals surface area (Å²) in [4.78, 5) is 12.4. The van der Waals surface area contributed by atoms with E-state index in [1.807, 2.05) is 0 Å². The number of rotatable bonds is 3. The molecule has 0 fully saturated rings. The summed E-state index contributed by atoms with van der Waals surface area (Å²) in [5.74, 6) is -0.0976. The SMILES string of the molecule is O=C(Nc1ccc(Cl)c(C(F)(F)F)c1)Nc1c(Cl)cc(CO)c2ccc(O)cc12. The number of nitrogens with one attached hydrogen (secondary N) is 2. The predicted octanol–water partition coefficient (Wildman–Crippen LogP) is 6.01. The van der Waals surface area contributed by atoms with Crippen molar-refractivity contribution in [1.29, 1.82) is 0 Å². The Balaban J connectivity index is 1.93. The molecule has 152 valence electrons. The van der Waals surface area contributed by atoms with Gasteiger partial charge in [0, 0.05) is 11.1 Å². The highest BCUT2D eigenvalue weighted by Gasteiger charge is 2.33. The summed E-state index contributed by atoms with van der Waals surface area (Å²) in [7, 11) is 0. The summed E-state index contributed by atoms with van der Waals surface area (Å²) in [5.41, 5.74) is -0.618. The van der Waals surface area contributed by atoms with E-state index in [0.717, 1.165) is 6.07 Å². The van der Waals surface area contributed by atoms with Crippen LogP contribution >= 0.6 is 23.2 Å². The lowest BCUT2D eigenvalue weighted by Crippen LogP contribution is -2.20. The lowest BCUT2D eigenvalue weighted by molar-refractivity contribution is -0.137.